The Morgan fingerprint density at radius 2 is 2.16 bits per heavy atom. The Labute approximate surface area is 113 Å². The molecule has 6 heteroatoms. The second-order valence-electron chi connectivity index (χ2n) is 4.34. The van der Waals surface area contributed by atoms with Crippen LogP contribution >= 0.6 is 0 Å². The molecule has 2 aromatic heterocycles. The molecular formula is C13H20N6. The summed E-state index contributed by atoms with van der Waals surface area (Å²) >= 11 is 0. The first-order valence-corrected chi connectivity index (χ1v) is 6.71. The molecule has 0 radical (unpaired) electrons. The average molecular weight is 260 g/mol. The van der Waals surface area contributed by atoms with Crippen LogP contribution in [0.15, 0.2) is 24.9 Å². The maximum Gasteiger partial charge on any atom is 0.138 e. The lowest BCUT2D eigenvalue weighted by Crippen LogP contribution is -2.26. The maximum absolute atomic E-state index is 4.34. The van der Waals surface area contributed by atoms with Crippen LogP contribution in [-0.2, 0) is 13.0 Å². The number of hydrogen-bond donors (Lipinski definition) is 1. The molecule has 0 aromatic carbocycles. The van der Waals surface area contributed by atoms with Crippen LogP contribution < -0.4 is 5.32 Å². The van der Waals surface area contributed by atoms with Gasteiger partial charge in [-0.3, -0.25) is 4.68 Å². The van der Waals surface area contributed by atoms with E-state index in [2.05, 4.69) is 39.2 Å². The number of hydrogen-bond acceptors (Lipinski definition) is 5. The van der Waals surface area contributed by atoms with Crippen LogP contribution in [0, 0.1) is 0 Å². The highest BCUT2D eigenvalue weighted by atomic mass is 15.3. The maximum atomic E-state index is 4.34. The predicted molar refractivity (Wildman–Crippen MR) is 72.5 cm³/mol. The largest absolute Gasteiger partial charge is 0.308 e. The van der Waals surface area contributed by atoms with Gasteiger partial charge in [0.25, 0.3) is 0 Å². The zero-order valence-electron chi connectivity index (χ0n) is 11.5. The van der Waals surface area contributed by atoms with Gasteiger partial charge >= 0.3 is 0 Å². The van der Waals surface area contributed by atoms with E-state index in [0.29, 0.717) is 0 Å². The number of aryl methyl sites for hydroxylation is 1. The minimum Gasteiger partial charge on any atom is -0.308 e. The average Bonchev–Trinajstić information content (AvgIpc) is 2.91. The summed E-state index contributed by atoms with van der Waals surface area (Å²) in [5.41, 5.74) is 0.995. The van der Waals surface area contributed by atoms with Crippen LogP contribution in [-0.4, -0.2) is 31.3 Å². The van der Waals surface area contributed by atoms with E-state index in [9.17, 15) is 0 Å². The number of rotatable bonds is 7. The molecule has 0 aliphatic carbocycles. The van der Waals surface area contributed by atoms with E-state index in [-0.39, 0.29) is 6.04 Å². The molecule has 1 N–H and O–H groups in total. The molecular weight excluding hydrogens is 240 g/mol. The quantitative estimate of drug-likeness (QED) is 0.814. The van der Waals surface area contributed by atoms with Crippen LogP contribution in [0.2, 0.25) is 0 Å². The SMILES string of the molecule is CCCNC(Cc1ncnn1CC)c1ccncn1. The molecule has 1 unspecified atom stereocenters. The van der Waals surface area contributed by atoms with Crippen molar-refractivity contribution in [1.29, 1.82) is 0 Å². The van der Waals surface area contributed by atoms with Gasteiger partial charge in [-0.05, 0) is 26.0 Å². The highest BCUT2D eigenvalue weighted by molar-refractivity contribution is 5.07. The Morgan fingerprint density at radius 1 is 1.26 bits per heavy atom. The van der Waals surface area contributed by atoms with E-state index >= 15 is 0 Å². The Hall–Kier alpha value is -1.82. The summed E-state index contributed by atoms with van der Waals surface area (Å²) in [7, 11) is 0. The minimum absolute atomic E-state index is 0.150. The van der Waals surface area contributed by atoms with E-state index in [4.69, 9.17) is 0 Å². The van der Waals surface area contributed by atoms with Gasteiger partial charge in [-0.25, -0.2) is 15.0 Å². The van der Waals surface area contributed by atoms with Gasteiger partial charge in [-0.15, -0.1) is 0 Å². The van der Waals surface area contributed by atoms with Gasteiger partial charge in [-0.1, -0.05) is 6.92 Å². The van der Waals surface area contributed by atoms with Gasteiger partial charge in [0.05, 0.1) is 11.7 Å². The lowest BCUT2D eigenvalue weighted by Gasteiger charge is -2.17. The van der Waals surface area contributed by atoms with Crippen molar-refractivity contribution in [3.8, 4) is 0 Å². The van der Waals surface area contributed by atoms with Crippen LogP contribution in [0.25, 0.3) is 0 Å². The van der Waals surface area contributed by atoms with Crippen molar-refractivity contribution < 1.29 is 0 Å². The van der Waals surface area contributed by atoms with Crippen molar-refractivity contribution in [2.24, 2.45) is 0 Å². The smallest absolute Gasteiger partial charge is 0.138 e. The van der Waals surface area contributed by atoms with Crippen molar-refractivity contribution in [3.63, 3.8) is 0 Å². The highest BCUT2D eigenvalue weighted by Crippen LogP contribution is 2.14. The zero-order chi connectivity index (χ0) is 13.5. The second-order valence-corrected chi connectivity index (χ2v) is 4.34. The van der Waals surface area contributed by atoms with Crippen molar-refractivity contribution >= 4 is 0 Å². The summed E-state index contributed by atoms with van der Waals surface area (Å²) in [6, 6.07) is 2.09. The molecule has 0 aliphatic heterocycles. The Balaban J connectivity index is 2.14. The summed E-state index contributed by atoms with van der Waals surface area (Å²) in [5, 5.41) is 7.71. The number of aromatic nitrogens is 5. The summed E-state index contributed by atoms with van der Waals surface area (Å²) < 4.78 is 1.92. The first-order valence-electron chi connectivity index (χ1n) is 6.71. The molecule has 0 aliphatic rings. The summed E-state index contributed by atoms with van der Waals surface area (Å²) in [6.07, 6.45) is 6.83. The van der Waals surface area contributed by atoms with E-state index in [1.165, 1.54) is 0 Å². The van der Waals surface area contributed by atoms with Gasteiger partial charge < -0.3 is 5.32 Å². The monoisotopic (exact) mass is 260 g/mol. The van der Waals surface area contributed by atoms with Crippen LogP contribution in [0.3, 0.4) is 0 Å². The third kappa shape index (κ3) is 3.57. The molecule has 2 heterocycles. The molecule has 0 amide bonds. The molecule has 102 valence electrons. The fourth-order valence-corrected chi connectivity index (χ4v) is 2.00. The molecule has 1 atom stereocenters. The minimum atomic E-state index is 0.150. The lowest BCUT2D eigenvalue weighted by atomic mass is 10.1. The Bertz CT molecular complexity index is 481. The zero-order valence-corrected chi connectivity index (χ0v) is 11.5. The summed E-state index contributed by atoms with van der Waals surface area (Å²) in [4.78, 5) is 12.6. The van der Waals surface area contributed by atoms with E-state index < -0.39 is 0 Å². The summed E-state index contributed by atoms with van der Waals surface area (Å²) in [5.74, 6) is 0.981. The van der Waals surface area contributed by atoms with Crippen LogP contribution in [0.1, 0.15) is 37.8 Å². The van der Waals surface area contributed by atoms with Crippen molar-refractivity contribution in [2.45, 2.75) is 39.3 Å². The van der Waals surface area contributed by atoms with Gasteiger partial charge in [0.1, 0.15) is 18.5 Å². The van der Waals surface area contributed by atoms with Gasteiger partial charge in [0.2, 0.25) is 0 Å². The molecule has 0 spiro atoms. The Morgan fingerprint density at radius 3 is 2.84 bits per heavy atom. The van der Waals surface area contributed by atoms with E-state index in [1.807, 2.05) is 10.7 Å². The standard InChI is InChI=1S/C13H20N6/c1-3-6-15-12(11-5-7-14-9-16-11)8-13-17-10-18-19(13)4-2/h5,7,9-10,12,15H,3-4,6,8H2,1-2H3. The number of nitrogens with one attached hydrogen (secondary N) is 1. The van der Waals surface area contributed by atoms with E-state index in [0.717, 1.165) is 37.4 Å². The highest BCUT2D eigenvalue weighted by Gasteiger charge is 2.16. The van der Waals surface area contributed by atoms with Crippen LogP contribution in [0.5, 0.6) is 0 Å². The fourth-order valence-electron chi connectivity index (χ4n) is 2.00. The molecule has 0 saturated heterocycles. The van der Waals surface area contributed by atoms with Crippen LogP contribution in [0.4, 0.5) is 0 Å². The molecule has 0 bridgehead atoms. The molecule has 2 rings (SSSR count). The van der Waals surface area contributed by atoms with Gasteiger partial charge in [-0.2, -0.15) is 5.10 Å². The topological polar surface area (TPSA) is 68.5 Å². The number of nitrogens with zero attached hydrogens (tertiary/aromatic N) is 5. The van der Waals surface area contributed by atoms with Crippen molar-refractivity contribution in [1.82, 2.24) is 30.0 Å². The van der Waals surface area contributed by atoms with Crippen molar-refractivity contribution in [3.05, 3.63) is 36.4 Å². The fraction of sp³-hybridized carbons (Fsp3) is 0.538. The molecule has 19 heavy (non-hydrogen) atoms. The third-order valence-corrected chi connectivity index (χ3v) is 2.98. The molecule has 0 fully saturated rings. The van der Waals surface area contributed by atoms with Gasteiger partial charge in [0.15, 0.2) is 0 Å². The van der Waals surface area contributed by atoms with Gasteiger partial charge in [0, 0.05) is 19.2 Å². The predicted octanol–water partition coefficient (Wildman–Crippen LogP) is 1.37. The first-order chi connectivity index (χ1) is 9.35. The third-order valence-electron chi connectivity index (χ3n) is 2.98. The van der Waals surface area contributed by atoms with Crippen molar-refractivity contribution in [2.75, 3.05) is 6.54 Å². The van der Waals surface area contributed by atoms with E-state index in [1.54, 1.807) is 18.9 Å². The molecule has 6 nitrogen and oxygen atoms in total. The molecule has 2 aromatic rings. The second kappa shape index (κ2) is 6.94. The summed E-state index contributed by atoms with van der Waals surface area (Å²) in [6.45, 7) is 6.00. The molecule has 0 saturated carbocycles. The lowest BCUT2D eigenvalue weighted by molar-refractivity contribution is 0.487. The Kier molecular flexibility index (Phi) is 4.97. The first kappa shape index (κ1) is 13.6. The normalized spacial score (nSPS) is 12.5.